The predicted octanol–water partition coefficient (Wildman–Crippen LogP) is 4.19. The molecule has 24 heavy (non-hydrogen) atoms. The van der Waals surface area contributed by atoms with Crippen molar-refractivity contribution in [3.8, 4) is 0 Å². The van der Waals surface area contributed by atoms with Crippen molar-refractivity contribution in [1.29, 1.82) is 0 Å². The van der Waals surface area contributed by atoms with Crippen LogP contribution < -0.4 is 5.73 Å². The number of hydrogen-bond donors (Lipinski definition) is 1. The SMILES string of the molecule is NC1CCN(CC=CCC(c2ccccc2)c2ccccc2)CC1. The van der Waals surface area contributed by atoms with Crippen molar-refractivity contribution in [1.82, 2.24) is 4.90 Å². The maximum atomic E-state index is 5.98. The van der Waals surface area contributed by atoms with E-state index in [9.17, 15) is 0 Å². The molecule has 0 bridgehead atoms. The van der Waals surface area contributed by atoms with E-state index in [1.165, 1.54) is 11.1 Å². The summed E-state index contributed by atoms with van der Waals surface area (Å²) in [5, 5.41) is 0. The lowest BCUT2D eigenvalue weighted by molar-refractivity contribution is 0.233. The Balaban J connectivity index is 1.61. The number of allylic oxidation sites excluding steroid dienone is 1. The molecule has 0 radical (unpaired) electrons. The summed E-state index contributed by atoms with van der Waals surface area (Å²) in [7, 11) is 0. The molecule has 2 heteroatoms. The van der Waals surface area contributed by atoms with Gasteiger partial charge in [0.15, 0.2) is 0 Å². The topological polar surface area (TPSA) is 29.3 Å². The molecule has 126 valence electrons. The minimum Gasteiger partial charge on any atom is -0.328 e. The zero-order valence-electron chi connectivity index (χ0n) is 14.4. The average molecular weight is 320 g/mol. The lowest BCUT2D eigenvalue weighted by atomic mass is 9.88. The zero-order chi connectivity index (χ0) is 16.6. The number of nitrogens with two attached hydrogens (primary N) is 1. The van der Waals surface area contributed by atoms with Gasteiger partial charge in [0.2, 0.25) is 0 Å². The van der Waals surface area contributed by atoms with E-state index in [0.717, 1.165) is 38.9 Å². The minimum atomic E-state index is 0.408. The highest BCUT2D eigenvalue weighted by Gasteiger charge is 2.15. The summed E-state index contributed by atoms with van der Waals surface area (Å²) >= 11 is 0. The lowest BCUT2D eigenvalue weighted by Gasteiger charge is -2.29. The van der Waals surface area contributed by atoms with Gasteiger partial charge in [0, 0.05) is 18.5 Å². The third-order valence-electron chi connectivity index (χ3n) is 4.94. The number of benzene rings is 2. The molecule has 1 fully saturated rings. The molecule has 0 amide bonds. The monoisotopic (exact) mass is 320 g/mol. The summed E-state index contributed by atoms with van der Waals surface area (Å²) < 4.78 is 0. The first-order valence-electron chi connectivity index (χ1n) is 9.06. The smallest absolute Gasteiger partial charge is 0.0163 e. The third-order valence-corrected chi connectivity index (χ3v) is 4.94. The van der Waals surface area contributed by atoms with Crippen molar-refractivity contribution in [3.63, 3.8) is 0 Å². The molecule has 0 atom stereocenters. The summed E-state index contributed by atoms with van der Waals surface area (Å²) in [6.45, 7) is 3.31. The van der Waals surface area contributed by atoms with Crippen LogP contribution in [-0.4, -0.2) is 30.6 Å². The van der Waals surface area contributed by atoms with Gasteiger partial charge in [-0.15, -0.1) is 0 Å². The summed E-state index contributed by atoms with van der Waals surface area (Å²) in [6.07, 6.45) is 7.98. The largest absolute Gasteiger partial charge is 0.328 e. The Morgan fingerprint density at radius 3 is 1.96 bits per heavy atom. The molecule has 0 aliphatic carbocycles. The van der Waals surface area contributed by atoms with E-state index in [4.69, 9.17) is 5.73 Å². The highest BCUT2D eigenvalue weighted by Crippen LogP contribution is 2.28. The summed E-state index contributed by atoms with van der Waals surface area (Å²) in [5.41, 5.74) is 8.75. The molecule has 1 saturated heterocycles. The normalized spacial score (nSPS) is 16.9. The van der Waals surface area contributed by atoms with Gasteiger partial charge in [0.05, 0.1) is 0 Å². The van der Waals surface area contributed by atoms with Crippen molar-refractivity contribution < 1.29 is 0 Å². The van der Waals surface area contributed by atoms with Crippen molar-refractivity contribution >= 4 is 0 Å². The van der Waals surface area contributed by atoms with Gasteiger partial charge in [-0.1, -0.05) is 72.8 Å². The number of rotatable bonds is 6. The molecule has 0 saturated carbocycles. The van der Waals surface area contributed by atoms with Gasteiger partial charge in [0.25, 0.3) is 0 Å². The molecule has 2 N–H and O–H groups in total. The highest BCUT2D eigenvalue weighted by molar-refractivity contribution is 5.33. The fraction of sp³-hybridized carbons (Fsp3) is 0.364. The van der Waals surface area contributed by atoms with Crippen molar-refractivity contribution in [2.45, 2.75) is 31.2 Å². The molecule has 2 aromatic carbocycles. The fourth-order valence-electron chi connectivity index (χ4n) is 3.43. The lowest BCUT2D eigenvalue weighted by Crippen LogP contribution is -2.39. The van der Waals surface area contributed by atoms with Crippen LogP contribution in [0, 0.1) is 0 Å². The maximum absolute atomic E-state index is 5.98. The zero-order valence-corrected chi connectivity index (χ0v) is 14.4. The van der Waals surface area contributed by atoms with Gasteiger partial charge in [0.1, 0.15) is 0 Å². The Morgan fingerprint density at radius 1 is 0.875 bits per heavy atom. The number of nitrogens with zero attached hydrogens (tertiary/aromatic N) is 1. The fourth-order valence-corrected chi connectivity index (χ4v) is 3.43. The summed E-state index contributed by atoms with van der Waals surface area (Å²) in [5.74, 6) is 0.429. The molecular formula is C22H28N2. The van der Waals surface area contributed by atoms with E-state index in [0.29, 0.717) is 12.0 Å². The first kappa shape index (κ1) is 16.9. The van der Waals surface area contributed by atoms with E-state index in [-0.39, 0.29) is 0 Å². The molecular weight excluding hydrogens is 292 g/mol. The maximum Gasteiger partial charge on any atom is 0.0163 e. The average Bonchev–Trinajstić information content (AvgIpc) is 2.65. The van der Waals surface area contributed by atoms with E-state index in [1.807, 2.05) is 0 Å². The Kier molecular flexibility index (Phi) is 6.22. The van der Waals surface area contributed by atoms with Crippen LogP contribution in [0.25, 0.3) is 0 Å². The third kappa shape index (κ3) is 4.80. The molecule has 3 rings (SSSR count). The van der Waals surface area contributed by atoms with Gasteiger partial charge in [-0.25, -0.2) is 0 Å². The first-order valence-corrected chi connectivity index (χ1v) is 9.06. The Labute approximate surface area is 146 Å². The number of likely N-dealkylation sites (tertiary alicyclic amines) is 1. The Morgan fingerprint density at radius 2 is 1.42 bits per heavy atom. The standard InChI is InChI=1S/C22H28N2/c23-21-14-17-24(18-15-21)16-8-7-13-22(19-9-3-1-4-10-19)20-11-5-2-6-12-20/h1-12,21-22H,13-18,23H2. The van der Waals surface area contributed by atoms with Crippen LogP contribution in [0.3, 0.4) is 0 Å². The van der Waals surface area contributed by atoms with E-state index < -0.39 is 0 Å². The second-order valence-electron chi connectivity index (χ2n) is 6.72. The first-order chi connectivity index (χ1) is 11.8. The highest BCUT2D eigenvalue weighted by atomic mass is 15.1. The number of piperidine rings is 1. The van der Waals surface area contributed by atoms with Crippen LogP contribution in [0.4, 0.5) is 0 Å². The molecule has 0 unspecified atom stereocenters. The predicted molar refractivity (Wildman–Crippen MR) is 102 cm³/mol. The quantitative estimate of drug-likeness (QED) is 0.809. The van der Waals surface area contributed by atoms with Gasteiger partial charge >= 0.3 is 0 Å². The Hall–Kier alpha value is -1.90. The van der Waals surface area contributed by atoms with Gasteiger partial charge in [-0.2, -0.15) is 0 Å². The van der Waals surface area contributed by atoms with Crippen LogP contribution in [-0.2, 0) is 0 Å². The van der Waals surface area contributed by atoms with Crippen LogP contribution in [0.1, 0.15) is 36.3 Å². The molecule has 0 spiro atoms. The summed E-state index contributed by atoms with van der Waals surface area (Å²) in [6, 6.07) is 22.0. The second-order valence-corrected chi connectivity index (χ2v) is 6.72. The second kappa shape index (κ2) is 8.81. The number of hydrogen-bond acceptors (Lipinski definition) is 2. The molecule has 2 aromatic rings. The summed E-state index contributed by atoms with van der Waals surface area (Å²) in [4.78, 5) is 2.50. The molecule has 1 aliphatic heterocycles. The van der Waals surface area contributed by atoms with E-state index in [2.05, 4.69) is 77.7 Å². The van der Waals surface area contributed by atoms with Crippen LogP contribution >= 0.6 is 0 Å². The van der Waals surface area contributed by atoms with E-state index in [1.54, 1.807) is 0 Å². The molecule has 2 nitrogen and oxygen atoms in total. The van der Waals surface area contributed by atoms with E-state index >= 15 is 0 Å². The molecule has 1 aliphatic rings. The van der Waals surface area contributed by atoms with Gasteiger partial charge < -0.3 is 5.73 Å². The van der Waals surface area contributed by atoms with Crippen LogP contribution in [0.2, 0.25) is 0 Å². The minimum absolute atomic E-state index is 0.408. The van der Waals surface area contributed by atoms with Crippen molar-refractivity contribution in [2.75, 3.05) is 19.6 Å². The van der Waals surface area contributed by atoms with Crippen LogP contribution in [0.15, 0.2) is 72.8 Å². The van der Waals surface area contributed by atoms with Gasteiger partial charge in [-0.05, 0) is 43.5 Å². The Bertz CT molecular complexity index is 573. The van der Waals surface area contributed by atoms with Gasteiger partial charge in [-0.3, -0.25) is 4.90 Å². The molecule has 1 heterocycles. The van der Waals surface area contributed by atoms with Crippen molar-refractivity contribution in [2.24, 2.45) is 5.73 Å². The van der Waals surface area contributed by atoms with Crippen molar-refractivity contribution in [3.05, 3.63) is 83.9 Å². The molecule has 0 aromatic heterocycles. The van der Waals surface area contributed by atoms with Crippen LogP contribution in [0.5, 0.6) is 0 Å².